The highest BCUT2D eigenvalue weighted by Gasteiger charge is 2.00. The average Bonchev–Trinajstić information content (AvgIpc) is 2.28. The number of hydrogen-bond acceptors (Lipinski definition) is 2. The van der Waals surface area contributed by atoms with E-state index in [0.29, 0.717) is 6.42 Å². The van der Waals surface area contributed by atoms with Gasteiger partial charge in [-0.05, 0) is 18.6 Å². The van der Waals surface area contributed by atoms with Gasteiger partial charge in [0, 0.05) is 23.6 Å². The van der Waals surface area contributed by atoms with E-state index in [1.807, 2.05) is 18.2 Å². The average molecular weight is 223 g/mol. The van der Waals surface area contributed by atoms with Crippen LogP contribution in [0.1, 0.15) is 19.8 Å². The molecule has 0 spiro atoms. The summed E-state index contributed by atoms with van der Waals surface area (Å²) in [5.41, 5.74) is 0. The molecule has 1 N–H and O–H groups in total. The van der Waals surface area contributed by atoms with Crippen LogP contribution in [0.5, 0.6) is 0 Å². The Hall–Kier alpha value is -0.960. The second-order valence-electron chi connectivity index (χ2n) is 3.26. The molecule has 0 saturated carbocycles. The van der Waals surface area contributed by atoms with Crippen LogP contribution in [0.4, 0.5) is 0 Å². The fourth-order valence-corrected chi connectivity index (χ4v) is 2.00. The predicted molar refractivity (Wildman–Crippen MR) is 65.1 cm³/mol. The van der Waals surface area contributed by atoms with Gasteiger partial charge in [-0.25, -0.2) is 0 Å². The Morgan fingerprint density at radius 3 is 2.73 bits per heavy atom. The number of carbonyl (C=O) groups excluding carboxylic acids is 1. The lowest BCUT2D eigenvalue weighted by molar-refractivity contribution is -0.120. The molecule has 1 aromatic rings. The van der Waals surface area contributed by atoms with Crippen LogP contribution in [0, 0.1) is 0 Å². The highest BCUT2D eigenvalue weighted by Crippen LogP contribution is 2.17. The Kier molecular flexibility index (Phi) is 5.93. The van der Waals surface area contributed by atoms with Crippen molar-refractivity contribution in [2.45, 2.75) is 24.7 Å². The number of amides is 1. The van der Waals surface area contributed by atoms with Gasteiger partial charge in [-0.1, -0.05) is 25.1 Å². The molecule has 2 nitrogen and oxygen atoms in total. The first-order chi connectivity index (χ1) is 7.33. The number of thioether (sulfide) groups is 1. The van der Waals surface area contributed by atoms with E-state index in [2.05, 4.69) is 24.4 Å². The van der Waals surface area contributed by atoms with Crippen molar-refractivity contribution in [3.05, 3.63) is 30.3 Å². The van der Waals surface area contributed by atoms with Gasteiger partial charge >= 0.3 is 0 Å². The summed E-state index contributed by atoms with van der Waals surface area (Å²) in [5.74, 6) is 1.000. The van der Waals surface area contributed by atoms with E-state index in [1.165, 1.54) is 4.90 Å². The van der Waals surface area contributed by atoms with E-state index < -0.39 is 0 Å². The predicted octanol–water partition coefficient (Wildman–Crippen LogP) is 2.70. The van der Waals surface area contributed by atoms with Gasteiger partial charge in [-0.2, -0.15) is 0 Å². The zero-order valence-corrected chi connectivity index (χ0v) is 9.85. The summed E-state index contributed by atoms with van der Waals surface area (Å²) in [7, 11) is 0. The van der Waals surface area contributed by atoms with Gasteiger partial charge in [0.25, 0.3) is 0 Å². The van der Waals surface area contributed by atoms with Crippen molar-refractivity contribution in [1.82, 2.24) is 5.32 Å². The van der Waals surface area contributed by atoms with Gasteiger partial charge in [-0.3, -0.25) is 4.79 Å². The number of benzene rings is 1. The number of nitrogens with one attached hydrogen (secondary N) is 1. The quantitative estimate of drug-likeness (QED) is 0.751. The molecule has 1 aromatic carbocycles. The highest BCUT2D eigenvalue weighted by atomic mass is 32.2. The number of rotatable bonds is 6. The monoisotopic (exact) mass is 223 g/mol. The maximum Gasteiger partial charge on any atom is 0.220 e. The highest BCUT2D eigenvalue weighted by molar-refractivity contribution is 7.99. The topological polar surface area (TPSA) is 29.1 Å². The maximum absolute atomic E-state index is 11.3. The van der Waals surface area contributed by atoms with Crippen molar-refractivity contribution in [2.24, 2.45) is 0 Å². The summed E-state index contributed by atoms with van der Waals surface area (Å²) in [5, 5.41) is 2.87. The Bertz CT molecular complexity index is 287. The van der Waals surface area contributed by atoms with Crippen molar-refractivity contribution in [3.63, 3.8) is 0 Å². The van der Waals surface area contributed by atoms with E-state index in [9.17, 15) is 4.79 Å². The molecule has 0 bridgehead atoms. The summed E-state index contributed by atoms with van der Waals surface area (Å²) in [4.78, 5) is 12.5. The molecule has 0 aliphatic carbocycles. The number of carbonyl (C=O) groups is 1. The van der Waals surface area contributed by atoms with Gasteiger partial charge in [0.1, 0.15) is 0 Å². The van der Waals surface area contributed by atoms with Crippen molar-refractivity contribution >= 4 is 17.7 Å². The first-order valence-electron chi connectivity index (χ1n) is 5.27. The summed E-state index contributed by atoms with van der Waals surface area (Å²) < 4.78 is 0. The van der Waals surface area contributed by atoms with Crippen LogP contribution in [0.2, 0.25) is 0 Å². The van der Waals surface area contributed by atoms with E-state index >= 15 is 0 Å². The fraction of sp³-hybridized carbons (Fsp3) is 0.417. The molecule has 0 aromatic heterocycles. The second kappa shape index (κ2) is 7.35. The maximum atomic E-state index is 11.3. The SMILES string of the molecule is CCCNC(=O)CCSc1ccccc1. The fourth-order valence-electron chi connectivity index (χ4n) is 1.13. The van der Waals surface area contributed by atoms with Crippen LogP contribution < -0.4 is 5.32 Å². The molecule has 0 unspecified atom stereocenters. The van der Waals surface area contributed by atoms with Gasteiger partial charge < -0.3 is 5.32 Å². The third-order valence-electron chi connectivity index (χ3n) is 1.91. The zero-order chi connectivity index (χ0) is 10.9. The lowest BCUT2D eigenvalue weighted by atomic mass is 10.4. The van der Waals surface area contributed by atoms with E-state index in [-0.39, 0.29) is 5.91 Å². The molecular weight excluding hydrogens is 206 g/mol. The van der Waals surface area contributed by atoms with Crippen molar-refractivity contribution in [2.75, 3.05) is 12.3 Å². The molecule has 1 rings (SSSR count). The first kappa shape index (κ1) is 12.1. The normalized spacial score (nSPS) is 9.93. The van der Waals surface area contributed by atoms with Crippen molar-refractivity contribution in [3.8, 4) is 0 Å². The van der Waals surface area contributed by atoms with Crippen LogP contribution >= 0.6 is 11.8 Å². The molecule has 0 aliphatic rings. The zero-order valence-electron chi connectivity index (χ0n) is 9.03. The van der Waals surface area contributed by atoms with Gasteiger partial charge in [-0.15, -0.1) is 11.8 Å². The minimum atomic E-state index is 0.153. The third-order valence-corrected chi connectivity index (χ3v) is 2.93. The van der Waals surface area contributed by atoms with Crippen LogP contribution in [-0.4, -0.2) is 18.2 Å². The lowest BCUT2D eigenvalue weighted by Crippen LogP contribution is -2.24. The van der Waals surface area contributed by atoms with Gasteiger partial charge in [0.15, 0.2) is 0 Å². The summed E-state index contributed by atoms with van der Waals surface area (Å²) in [6.45, 7) is 2.84. The van der Waals surface area contributed by atoms with Crippen LogP contribution in [-0.2, 0) is 4.79 Å². The molecule has 0 heterocycles. The van der Waals surface area contributed by atoms with Gasteiger partial charge in [0.2, 0.25) is 5.91 Å². The smallest absolute Gasteiger partial charge is 0.220 e. The van der Waals surface area contributed by atoms with E-state index in [1.54, 1.807) is 11.8 Å². The second-order valence-corrected chi connectivity index (χ2v) is 4.43. The molecule has 0 fully saturated rings. The minimum absolute atomic E-state index is 0.153. The van der Waals surface area contributed by atoms with Crippen molar-refractivity contribution < 1.29 is 4.79 Å². The molecule has 82 valence electrons. The minimum Gasteiger partial charge on any atom is -0.356 e. The third kappa shape index (κ3) is 5.47. The molecule has 0 aliphatic heterocycles. The molecule has 1 amide bonds. The molecule has 0 atom stereocenters. The van der Waals surface area contributed by atoms with Crippen LogP contribution in [0.15, 0.2) is 35.2 Å². The first-order valence-corrected chi connectivity index (χ1v) is 6.26. The Morgan fingerprint density at radius 1 is 1.33 bits per heavy atom. The van der Waals surface area contributed by atoms with Crippen molar-refractivity contribution in [1.29, 1.82) is 0 Å². The molecule has 0 saturated heterocycles. The Morgan fingerprint density at radius 2 is 2.07 bits per heavy atom. The molecule has 0 radical (unpaired) electrons. The van der Waals surface area contributed by atoms with Crippen LogP contribution in [0.25, 0.3) is 0 Å². The van der Waals surface area contributed by atoms with Crippen LogP contribution in [0.3, 0.4) is 0 Å². The summed E-state index contributed by atoms with van der Waals surface area (Å²) in [6, 6.07) is 10.2. The Balaban J connectivity index is 2.14. The largest absolute Gasteiger partial charge is 0.356 e. The molecule has 3 heteroatoms. The molecular formula is C12H17NOS. The summed E-state index contributed by atoms with van der Waals surface area (Å²) >= 11 is 1.72. The number of hydrogen-bond donors (Lipinski definition) is 1. The lowest BCUT2D eigenvalue weighted by Gasteiger charge is -2.03. The Labute approximate surface area is 95.5 Å². The van der Waals surface area contributed by atoms with E-state index in [4.69, 9.17) is 0 Å². The van der Waals surface area contributed by atoms with Gasteiger partial charge in [0.05, 0.1) is 0 Å². The van der Waals surface area contributed by atoms with E-state index in [0.717, 1.165) is 18.7 Å². The molecule has 15 heavy (non-hydrogen) atoms. The standard InChI is InChI=1S/C12H17NOS/c1-2-9-13-12(14)8-10-15-11-6-4-3-5-7-11/h3-7H,2,8-10H2,1H3,(H,13,14). The summed E-state index contributed by atoms with van der Waals surface area (Å²) in [6.07, 6.45) is 1.59.